The lowest BCUT2D eigenvalue weighted by Crippen LogP contribution is -2.33. The number of anilines is 2. The van der Waals surface area contributed by atoms with Crippen LogP contribution in [0.2, 0.25) is 0 Å². The largest absolute Gasteiger partial charge is 0.396 e. The van der Waals surface area contributed by atoms with Gasteiger partial charge in [0.1, 0.15) is 5.82 Å². The van der Waals surface area contributed by atoms with Crippen LogP contribution in [0.1, 0.15) is 0 Å². The monoisotopic (exact) mass is 213 g/mol. The molecule has 5 heteroatoms. The lowest BCUT2D eigenvalue weighted by atomic mass is 10.3. The van der Waals surface area contributed by atoms with E-state index in [9.17, 15) is 4.39 Å². The van der Waals surface area contributed by atoms with Gasteiger partial charge in [0, 0.05) is 30.7 Å². The topological polar surface area (TPSA) is 42.1 Å². The molecule has 1 aromatic rings. The van der Waals surface area contributed by atoms with Crippen LogP contribution in [0.15, 0.2) is 12.3 Å². The third-order valence-electron chi connectivity index (χ3n) is 2.17. The predicted octanol–water partition coefficient (Wildman–Crippen LogP) is 1.36. The minimum atomic E-state index is -0.377. The highest BCUT2D eigenvalue weighted by atomic mass is 32.2. The molecule has 0 aromatic carbocycles. The Morgan fingerprint density at radius 1 is 1.43 bits per heavy atom. The zero-order valence-corrected chi connectivity index (χ0v) is 8.56. The lowest BCUT2D eigenvalue weighted by molar-refractivity contribution is 0.621. The average molecular weight is 213 g/mol. The first-order valence-electron chi connectivity index (χ1n) is 4.51. The first-order chi connectivity index (χ1) is 6.77. The summed E-state index contributed by atoms with van der Waals surface area (Å²) >= 11 is 1.92. The van der Waals surface area contributed by atoms with E-state index in [0.29, 0.717) is 11.5 Å². The van der Waals surface area contributed by atoms with E-state index < -0.39 is 0 Å². The standard InChI is InChI=1S/C9H12FN3S/c10-7-5-8(11)9(12-6-7)13-1-3-14-4-2-13/h5-6H,1-4,11H2. The summed E-state index contributed by atoms with van der Waals surface area (Å²) in [6, 6.07) is 1.32. The van der Waals surface area contributed by atoms with Gasteiger partial charge < -0.3 is 10.6 Å². The van der Waals surface area contributed by atoms with Crippen molar-refractivity contribution in [2.75, 3.05) is 35.2 Å². The lowest BCUT2D eigenvalue weighted by Gasteiger charge is -2.28. The van der Waals surface area contributed by atoms with Crippen LogP contribution in [0.5, 0.6) is 0 Å². The van der Waals surface area contributed by atoms with Gasteiger partial charge in [0.15, 0.2) is 5.82 Å². The van der Waals surface area contributed by atoms with Crippen LogP contribution < -0.4 is 10.6 Å². The number of hydrogen-bond acceptors (Lipinski definition) is 4. The van der Waals surface area contributed by atoms with Gasteiger partial charge in [0.2, 0.25) is 0 Å². The van der Waals surface area contributed by atoms with Gasteiger partial charge in [0.05, 0.1) is 11.9 Å². The smallest absolute Gasteiger partial charge is 0.152 e. The molecule has 1 aromatic heterocycles. The molecule has 1 saturated heterocycles. The molecule has 0 bridgehead atoms. The van der Waals surface area contributed by atoms with Gasteiger partial charge in [-0.05, 0) is 0 Å². The summed E-state index contributed by atoms with van der Waals surface area (Å²) in [7, 11) is 0. The number of nitrogens with zero attached hydrogens (tertiary/aromatic N) is 2. The van der Waals surface area contributed by atoms with Crippen LogP contribution in [0, 0.1) is 5.82 Å². The van der Waals surface area contributed by atoms with Gasteiger partial charge in [-0.15, -0.1) is 0 Å². The maximum absolute atomic E-state index is 12.7. The minimum absolute atomic E-state index is 0.377. The summed E-state index contributed by atoms with van der Waals surface area (Å²) in [5.41, 5.74) is 6.13. The fourth-order valence-corrected chi connectivity index (χ4v) is 2.39. The molecule has 2 rings (SSSR count). The van der Waals surface area contributed by atoms with Gasteiger partial charge in [0.25, 0.3) is 0 Å². The van der Waals surface area contributed by atoms with Gasteiger partial charge in [-0.2, -0.15) is 11.8 Å². The number of nitrogen functional groups attached to an aromatic ring is 1. The molecule has 0 unspecified atom stereocenters. The van der Waals surface area contributed by atoms with Gasteiger partial charge >= 0.3 is 0 Å². The van der Waals surface area contributed by atoms with E-state index in [1.54, 1.807) is 0 Å². The van der Waals surface area contributed by atoms with Gasteiger partial charge in [-0.3, -0.25) is 0 Å². The summed E-state index contributed by atoms with van der Waals surface area (Å²) < 4.78 is 12.7. The van der Waals surface area contributed by atoms with E-state index >= 15 is 0 Å². The van der Waals surface area contributed by atoms with E-state index in [-0.39, 0.29) is 5.82 Å². The highest BCUT2D eigenvalue weighted by molar-refractivity contribution is 7.99. The number of aromatic nitrogens is 1. The van der Waals surface area contributed by atoms with Gasteiger partial charge in [-0.25, -0.2) is 9.37 Å². The number of nitrogens with two attached hydrogens (primary N) is 1. The van der Waals surface area contributed by atoms with E-state index in [2.05, 4.69) is 9.88 Å². The van der Waals surface area contributed by atoms with Crippen molar-refractivity contribution in [1.29, 1.82) is 0 Å². The van der Waals surface area contributed by atoms with Crippen molar-refractivity contribution in [2.24, 2.45) is 0 Å². The zero-order chi connectivity index (χ0) is 9.97. The second kappa shape index (κ2) is 4.04. The molecule has 2 heterocycles. The molecule has 1 aliphatic heterocycles. The maximum atomic E-state index is 12.7. The Kier molecular flexibility index (Phi) is 2.77. The minimum Gasteiger partial charge on any atom is -0.396 e. The third-order valence-corrected chi connectivity index (χ3v) is 3.11. The molecule has 3 nitrogen and oxygen atoms in total. The van der Waals surface area contributed by atoms with Crippen LogP contribution in [0.3, 0.4) is 0 Å². The molecule has 76 valence electrons. The Morgan fingerprint density at radius 3 is 2.79 bits per heavy atom. The van der Waals surface area contributed by atoms with E-state index in [1.165, 1.54) is 12.3 Å². The van der Waals surface area contributed by atoms with Crippen molar-refractivity contribution in [1.82, 2.24) is 4.98 Å². The SMILES string of the molecule is Nc1cc(F)cnc1N1CCSCC1. The van der Waals surface area contributed by atoms with Crippen molar-refractivity contribution in [3.05, 3.63) is 18.1 Å². The zero-order valence-electron chi connectivity index (χ0n) is 7.74. The van der Waals surface area contributed by atoms with Crippen molar-refractivity contribution < 1.29 is 4.39 Å². The first kappa shape index (κ1) is 9.58. The molecule has 0 spiro atoms. The van der Waals surface area contributed by atoms with E-state index in [1.807, 2.05) is 11.8 Å². The Hall–Kier alpha value is -0.970. The summed E-state index contributed by atoms with van der Waals surface area (Å²) in [6.45, 7) is 1.88. The average Bonchev–Trinajstić information content (AvgIpc) is 2.19. The van der Waals surface area contributed by atoms with E-state index in [4.69, 9.17) is 5.73 Å². The molecule has 14 heavy (non-hydrogen) atoms. The fourth-order valence-electron chi connectivity index (χ4n) is 1.49. The van der Waals surface area contributed by atoms with Crippen LogP contribution in [0.25, 0.3) is 0 Å². The molecular weight excluding hydrogens is 201 g/mol. The Bertz CT molecular complexity index is 326. The summed E-state index contributed by atoms with van der Waals surface area (Å²) in [5.74, 6) is 2.50. The number of rotatable bonds is 1. The van der Waals surface area contributed by atoms with Crippen LogP contribution in [0.4, 0.5) is 15.9 Å². The summed E-state index contributed by atoms with van der Waals surface area (Å²) in [4.78, 5) is 6.12. The van der Waals surface area contributed by atoms with Crippen molar-refractivity contribution in [3.63, 3.8) is 0 Å². The van der Waals surface area contributed by atoms with Crippen LogP contribution in [-0.2, 0) is 0 Å². The fraction of sp³-hybridized carbons (Fsp3) is 0.444. The molecule has 1 aliphatic rings. The molecular formula is C9H12FN3S. The number of hydrogen-bond donors (Lipinski definition) is 1. The highest BCUT2D eigenvalue weighted by Gasteiger charge is 2.14. The molecule has 0 radical (unpaired) electrons. The third kappa shape index (κ3) is 1.92. The summed E-state index contributed by atoms with van der Waals surface area (Å²) in [5, 5.41) is 0. The normalized spacial score (nSPS) is 17.1. The number of thioether (sulfide) groups is 1. The first-order valence-corrected chi connectivity index (χ1v) is 5.66. The summed E-state index contributed by atoms with van der Waals surface area (Å²) in [6.07, 6.45) is 1.22. The predicted molar refractivity (Wildman–Crippen MR) is 58.1 cm³/mol. The molecule has 0 amide bonds. The molecule has 0 atom stereocenters. The highest BCUT2D eigenvalue weighted by Crippen LogP contribution is 2.23. The van der Waals surface area contributed by atoms with Crippen LogP contribution >= 0.6 is 11.8 Å². The number of pyridine rings is 1. The Balaban J connectivity index is 2.22. The van der Waals surface area contributed by atoms with Crippen LogP contribution in [-0.4, -0.2) is 29.6 Å². The van der Waals surface area contributed by atoms with Crippen molar-refractivity contribution in [3.8, 4) is 0 Å². The quantitative estimate of drug-likeness (QED) is 0.764. The van der Waals surface area contributed by atoms with Crippen molar-refractivity contribution in [2.45, 2.75) is 0 Å². The second-order valence-electron chi connectivity index (χ2n) is 3.17. The molecule has 0 saturated carbocycles. The molecule has 2 N–H and O–H groups in total. The van der Waals surface area contributed by atoms with Gasteiger partial charge in [-0.1, -0.05) is 0 Å². The van der Waals surface area contributed by atoms with Crippen molar-refractivity contribution >= 4 is 23.3 Å². The molecule has 1 fully saturated rings. The second-order valence-corrected chi connectivity index (χ2v) is 4.39. The maximum Gasteiger partial charge on any atom is 0.152 e. The Morgan fingerprint density at radius 2 is 2.14 bits per heavy atom. The van der Waals surface area contributed by atoms with E-state index in [0.717, 1.165) is 24.6 Å². The Labute approximate surface area is 86.5 Å². The number of halogens is 1. The molecule has 0 aliphatic carbocycles.